The quantitative estimate of drug-likeness (QED) is 0.780. The van der Waals surface area contributed by atoms with Crippen molar-refractivity contribution in [3.63, 3.8) is 0 Å². The molecule has 0 saturated heterocycles. The highest BCUT2D eigenvalue weighted by atomic mass is 32.2. The highest BCUT2D eigenvalue weighted by molar-refractivity contribution is 7.99. The molecule has 0 radical (unpaired) electrons. The van der Waals surface area contributed by atoms with Crippen LogP contribution in [0.4, 0.5) is 0 Å². The van der Waals surface area contributed by atoms with Gasteiger partial charge >= 0.3 is 5.97 Å². The molecule has 0 bridgehead atoms. The second kappa shape index (κ2) is 8.23. The van der Waals surface area contributed by atoms with Crippen LogP contribution >= 0.6 is 11.8 Å². The molecule has 4 heteroatoms. The van der Waals surface area contributed by atoms with E-state index in [-0.39, 0.29) is 12.0 Å². The van der Waals surface area contributed by atoms with Crippen LogP contribution in [0.15, 0.2) is 24.3 Å². The Kier molecular flexibility index (Phi) is 6.95. The van der Waals surface area contributed by atoms with Gasteiger partial charge in [0.2, 0.25) is 0 Å². The monoisotopic (exact) mass is 281 g/mol. The Bertz CT molecular complexity index is 390. The van der Waals surface area contributed by atoms with Crippen LogP contribution in [0.2, 0.25) is 0 Å². The number of nitrogens with two attached hydrogens (primary N) is 1. The zero-order valence-corrected chi connectivity index (χ0v) is 12.7. The number of rotatable bonds is 7. The van der Waals surface area contributed by atoms with Crippen molar-refractivity contribution in [1.82, 2.24) is 0 Å². The molecule has 0 amide bonds. The first-order chi connectivity index (χ1) is 9.04. The smallest absolute Gasteiger partial charge is 0.315 e. The minimum Gasteiger partial charge on any atom is -0.465 e. The maximum atomic E-state index is 11.2. The highest BCUT2D eigenvalue weighted by Crippen LogP contribution is 2.20. The second-order valence-corrected chi connectivity index (χ2v) is 5.78. The first kappa shape index (κ1) is 16.1. The Morgan fingerprint density at radius 3 is 2.37 bits per heavy atom. The van der Waals surface area contributed by atoms with Crippen molar-refractivity contribution in [2.75, 3.05) is 18.1 Å². The van der Waals surface area contributed by atoms with E-state index in [1.807, 2.05) is 6.92 Å². The molecule has 0 aliphatic rings. The van der Waals surface area contributed by atoms with Crippen molar-refractivity contribution in [2.45, 2.75) is 32.7 Å². The highest BCUT2D eigenvalue weighted by Gasteiger charge is 2.09. The standard InChI is InChI=1S/C15H23NO2S/c1-4-18-15(17)10-19-9-14(16)13-7-5-12(6-8-13)11(2)3/h5-8,11,14H,4,9-10,16H2,1-3H3. The zero-order valence-electron chi connectivity index (χ0n) is 11.9. The summed E-state index contributed by atoms with van der Waals surface area (Å²) in [7, 11) is 0. The van der Waals surface area contributed by atoms with E-state index < -0.39 is 0 Å². The normalized spacial score (nSPS) is 12.5. The third-order valence-corrected chi connectivity index (χ3v) is 3.89. The summed E-state index contributed by atoms with van der Waals surface area (Å²) in [6.07, 6.45) is 0. The Morgan fingerprint density at radius 1 is 1.26 bits per heavy atom. The number of hydrogen-bond acceptors (Lipinski definition) is 4. The molecule has 1 unspecified atom stereocenters. The van der Waals surface area contributed by atoms with E-state index in [9.17, 15) is 4.79 Å². The first-order valence-corrected chi connectivity index (χ1v) is 7.78. The summed E-state index contributed by atoms with van der Waals surface area (Å²) in [5.74, 6) is 1.45. The van der Waals surface area contributed by atoms with Gasteiger partial charge in [0.05, 0.1) is 12.4 Å². The van der Waals surface area contributed by atoms with E-state index in [2.05, 4.69) is 38.1 Å². The van der Waals surface area contributed by atoms with Crippen LogP contribution in [-0.4, -0.2) is 24.1 Å². The van der Waals surface area contributed by atoms with Gasteiger partial charge in [-0.1, -0.05) is 38.1 Å². The van der Waals surface area contributed by atoms with E-state index in [4.69, 9.17) is 10.5 Å². The summed E-state index contributed by atoms with van der Waals surface area (Å²) in [5, 5.41) is 0. The maximum absolute atomic E-state index is 11.2. The molecule has 0 aromatic heterocycles. The van der Waals surface area contributed by atoms with Crippen molar-refractivity contribution < 1.29 is 9.53 Å². The summed E-state index contributed by atoms with van der Waals surface area (Å²) in [6.45, 7) is 6.58. The fourth-order valence-corrected chi connectivity index (χ4v) is 2.51. The van der Waals surface area contributed by atoms with Crippen molar-refractivity contribution >= 4 is 17.7 Å². The molecule has 0 spiro atoms. The van der Waals surface area contributed by atoms with Crippen LogP contribution in [-0.2, 0) is 9.53 Å². The van der Waals surface area contributed by atoms with E-state index in [0.717, 1.165) is 11.3 Å². The van der Waals surface area contributed by atoms with Gasteiger partial charge in [0, 0.05) is 11.8 Å². The third kappa shape index (κ3) is 5.66. The van der Waals surface area contributed by atoms with Gasteiger partial charge in [-0.2, -0.15) is 0 Å². The Hall–Kier alpha value is -1.00. The lowest BCUT2D eigenvalue weighted by atomic mass is 10.00. The zero-order chi connectivity index (χ0) is 14.3. The first-order valence-electron chi connectivity index (χ1n) is 6.63. The fourth-order valence-electron chi connectivity index (χ4n) is 1.70. The Labute approximate surface area is 119 Å². The largest absolute Gasteiger partial charge is 0.465 e. The number of benzene rings is 1. The fraction of sp³-hybridized carbons (Fsp3) is 0.533. The van der Waals surface area contributed by atoms with Gasteiger partial charge in [-0.25, -0.2) is 0 Å². The summed E-state index contributed by atoms with van der Waals surface area (Å²) < 4.78 is 4.87. The van der Waals surface area contributed by atoms with E-state index in [1.54, 1.807) is 0 Å². The van der Waals surface area contributed by atoms with Gasteiger partial charge in [0.15, 0.2) is 0 Å². The van der Waals surface area contributed by atoms with Crippen molar-refractivity contribution in [3.8, 4) is 0 Å². The lowest BCUT2D eigenvalue weighted by molar-refractivity contribution is -0.139. The van der Waals surface area contributed by atoms with E-state index >= 15 is 0 Å². The maximum Gasteiger partial charge on any atom is 0.315 e. The van der Waals surface area contributed by atoms with Crippen LogP contribution in [0, 0.1) is 0 Å². The lowest BCUT2D eigenvalue weighted by Crippen LogP contribution is -2.15. The van der Waals surface area contributed by atoms with Gasteiger partial charge in [-0.3, -0.25) is 4.79 Å². The van der Waals surface area contributed by atoms with Crippen LogP contribution in [0.1, 0.15) is 43.9 Å². The number of hydrogen-bond donors (Lipinski definition) is 1. The minimum absolute atomic E-state index is 0.0411. The molecule has 106 valence electrons. The summed E-state index contributed by atoms with van der Waals surface area (Å²) in [4.78, 5) is 11.2. The molecular formula is C15H23NO2S. The SMILES string of the molecule is CCOC(=O)CSCC(N)c1ccc(C(C)C)cc1. The molecule has 1 aromatic rings. The molecule has 0 aliphatic heterocycles. The molecule has 1 aromatic carbocycles. The lowest BCUT2D eigenvalue weighted by Gasteiger charge is -2.13. The average molecular weight is 281 g/mol. The second-order valence-electron chi connectivity index (χ2n) is 4.75. The third-order valence-electron chi connectivity index (χ3n) is 2.85. The average Bonchev–Trinajstić information content (AvgIpc) is 2.39. The van der Waals surface area contributed by atoms with Crippen molar-refractivity contribution in [1.29, 1.82) is 0 Å². The molecule has 1 rings (SSSR count). The predicted octanol–water partition coefficient (Wildman–Crippen LogP) is 3.11. The molecule has 19 heavy (non-hydrogen) atoms. The Morgan fingerprint density at radius 2 is 1.84 bits per heavy atom. The van der Waals surface area contributed by atoms with Crippen LogP contribution < -0.4 is 5.73 Å². The van der Waals surface area contributed by atoms with E-state index in [0.29, 0.717) is 18.3 Å². The van der Waals surface area contributed by atoms with E-state index in [1.165, 1.54) is 17.3 Å². The molecule has 0 aliphatic carbocycles. The molecule has 0 heterocycles. The molecular weight excluding hydrogens is 258 g/mol. The number of thioether (sulfide) groups is 1. The van der Waals surface area contributed by atoms with Gasteiger partial charge in [-0.05, 0) is 24.0 Å². The molecule has 1 atom stereocenters. The van der Waals surface area contributed by atoms with Gasteiger partial charge in [0.1, 0.15) is 0 Å². The number of carbonyl (C=O) groups is 1. The summed E-state index contributed by atoms with van der Waals surface area (Å²) in [5.41, 5.74) is 8.54. The van der Waals surface area contributed by atoms with Crippen molar-refractivity contribution in [2.24, 2.45) is 5.73 Å². The summed E-state index contributed by atoms with van der Waals surface area (Å²) in [6, 6.07) is 8.35. The topological polar surface area (TPSA) is 52.3 Å². The van der Waals surface area contributed by atoms with Gasteiger partial charge in [-0.15, -0.1) is 11.8 Å². The number of carbonyl (C=O) groups excluding carboxylic acids is 1. The van der Waals surface area contributed by atoms with Crippen LogP contribution in [0.5, 0.6) is 0 Å². The van der Waals surface area contributed by atoms with Crippen LogP contribution in [0.25, 0.3) is 0 Å². The Balaban J connectivity index is 2.40. The molecule has 0 fully saturated rings. The molecule has 2 N–H and O–H groups in total. The predicted molar refractivity (Wildman–Crippen MR) is 81.4 cm³/mol. The minimum atomic E-state index is -0.171. The van der Waals surface area contributed by atoms with Crippen LogP contribution in [0.3, 0.4) is 0 Å². The van der Waals surface area contributed by atoms with Gasteiger partial charge in [0.25, 0.3) is 0 Å². The molecule has 0 saturated carbocycles. The summed E-state index contributed by atoms with van der Waals surface area (Å²) >= 11 is 1.52. The molecule has 3 nitrogen and oxygen atoms in total. The number of esters is 1. The van der Waals surface area contributed by atoms with Crippen molar-refractivity contribution in [3.05, 3.63) is 35.4 Å². The van der Waals surface area contributed by atoms with Gasteiger partial charge < -0.3 is 10.5 Å². The number of ether oxygens (including phenoxy) is 1.